The van der Waals surface area contributed by atoms with Crippen molar-refractivity contribution in [2.45, 2.75) is 117 Å². The molecular weight excluding hydrogens is 240 g/mol. The van der Waals surface area contributed by atoms with Gasteiger partial charge in [-0.3, -0.25) is 0 Å². The highest BCUT2D eigenvalue weighted by Gasteiger charge is 1.94. The lowest BCUT2D eigenvalue weighted by molar-refractivity contribution is 0.574. The van der Waals surface area contributed by atoms with Gasteiger partial charge in [0.1, 0.15) is 0 Å². The minimum atomic E-state index is 1.31. The summed E-state index contributed by atoms with van der Waals surface area (Å²) in [4.78, 5) is 0. The minimum Gasteiger partial charge on any atom is -0.0856 e. The summed E-state index contributed by atoms with van der Waals surface area (Å²) in [6, 6.07) is 0. The molecule has 0 heterocycles. The molecule has 20 heavy (non-hydrogen) atoms. The van der Waals surface area contributed by atoms with E-state index in [0.29, 0.717) is 0 Å². The first kappa shape index (κ1) is 19.7. The molecule has 0 rings (SSSR count). The summed E-state index contributed by atoms with van der Waals surface area (Å²) in [5.41, 5.74) is 1.63. The third-order valence-electron chi connectivity index (χ3n) is 4.23. The Morgan fingerprint density at radius 3 is 1.60 bits per heavy atom. The maximum Gasteiger partial charge on any atom is -0.0323 e. The Morgan fingerprint density at radius 2 is 1.05 bits per heavy atom. The van der Waals surface area contributed by atoms with E-state index in [4.69, 9.17) is 0 Å². The fraction of sp³-hybridized carbons (Fsp3) is 0.900. The Kier molecular flexibility index (Phi) is 16.6. The van der Waals surface area contributed by atoms with Crippen LogP contribution in [-0.2, 0) is 0 Å². The fourth-order valence-corrected chi connectivity index (χ4v) is 2.74. The van der Waals surface area contributed by atoms with Crippen LogP contribution in [0.15, 0.2) is 11.6 Å². The van der Waals surface area contributed by atoms with Gasteiger partial charge >= 0.3 is 0 Å². The van der Waals surface area contributed by atoms with Crippen LogP contribution < -0.4 is 0 Å². The standard InChI is InChI=1S/C20H40/c1-4-6-8-10-12-13-15-17-19-20(3)18-16-14-11-9-7-5-2/h18H,4-17,19H2,1-3H3/b20-18-. The van der Waals surface area contributed by atoms with E-state index in [1.165, 1.54) is 96.3 Å². The van der Waals surface area contributed by atoms with E-state index >= 15 is 0 Å². The van der Waals surface area contributed by atoms with Crippen LogP contribution in [0.1, 0.15) is 117 Å². The molecule has 120 valence electrons. The lowest BCUT2D eigenvalue weighted by atomic mass is 10.0. The van der Waals surface area contributed by atoms with Gasteiger partial charge in [0.15, 0.2) is 0 Å². The zero-order chi connectivity index (χ0) is 14.9. The maximum atomic E-state index is 2.49. The van der Waals surface area contributed by atoms with Crippen molar-refractivity contribution < 1.29 is 0 Å². The molecular formula is C20H40. The van der Waals surface area contributed by atoms with E-state index in [2.05, 4.69) is 26.8 Å². The topological polar surface area (TPSA) is 0 Å². The van der Waals surface area contributed by atoms with Gasteiger partial charge in [0.2, 0.25) is 0 Å². The van der Waals surface area contributed by atoms with E-state index in [1.54, 1.807) is 5.57 Å². The van der Waals surface area contributed by atoms with Crippen LogP contribution in [0.2, 0.25) is 0 Å². The smallest absolute Gasteiger partial charge is 0.0323 e. The minimum absolute atomic E-state index is 1.31. The normalized spacial score (nSPS) is 12.1. The monoisotopic (exact) mass is 280 g/mol. The van der Waals surface area contributed by atoms with Crippen LogP contribution in [0, 0.1) is 0 Å². The van der Waals surface area contributed by atoms with E-state index in [-0.39, 0.29) is 0 Å². The average molecular weight is 281 g/mol. The Balaban J connectivity index is 3.24. The van der Waals surface area contributed by atoms with Crippen LogP contribution in [0.25, 0.3) is 0 Å². The van der Waals surface area contributed by atoms with Crippen LogP contribution in [0.3, 0.4) is 0 Å². The third-order valence-corrected chi connectivity index (χ3v) is 4.23. The molecule has 0 saturated carbocycles. The molecule has 0 aromatic carbocycles. The zero-order valence-corrected chi connectivity index (χ0v) is 14.7. The van der Waals surface area contributed by atoms with Crippen LogP contribution >= 0.6 is 0 Å². The second-order valence-corrected chi connectivity index (χ2v) is 6.48. The van der Waals surface area contributed by atoms with Crippen molar-refractivity contribution in [1.29, 1.82) is 0 Å². The molecule has 0 aliphatic carbocycles. The number of unbranched alkanes of at least 4 members (excludes halogenated alkanes) is 12. The quantitative estimate of drug-likeness (QED) is 0.212. The van der Waals surface area contributed by atoms with E-state index in [1.807, 2.05) is 0 Å². The Morgan fingerprint density at radius 1 is 0.600 bits per heavy atom. The predicted molar refractivity (Wildman–Crippen MR) is 94.4 cm³/mol. The summed E-state index contributed by atoms with van der Waals surface area (Å²) in [6.07, 6.45) is 23.6. The zero-order valence-electron chi connectivity index (χ0n) is 14.7. The summed E-state index contributed by atoms with van der Waals surface area (Å²) in [6.45, 7) is 6.90. The molecule has 0 atom stereocenters. The highest BCUT2D eigenvalue weighted by molar-refractivity contribution is 4.97. The van der Waals surface area contributed by atoms with E-state index < -0.39 is 0 Å². The van der Waals surface area contributed by atoms with E-state index in [0.717, 1.165) is 0 Å². The molecule has 0 amide bonds. The molecule has 0 aliphatic rings. The number of allylic oxidation sites excluding steroid dienone is 2. The molecule has 0 aromatic heterocycles. The summed E-state index contributed by atoms with van der Waals surface area (Å²) in [7, 11) is 0. The molecule has 0 spiro atoms. The number of hydrogen-bond acceptors (Lipinski definition) is 0. The first-order valence-corrected chi connectivity index (χ1v) is 9.46. The first-order valence-electron chi connectivity index (χ1n) is 9.46. The molecule has 0 aliphatic heterocycles. The second kappa shape index (κ2) is 16.8. The molecule has 0 heteroatoms. The summed E-state index contributed by atoms with van der Waals surface area (Å²) >= 11 is 0. The van der Waals surface area contributed by atoms with Gasteiger partial charge in [-0.2, -0.15) is 0 Å². The van der Waals surface area contributed by atoms with E-state index in [9.17, 15) is 0 Å². The summed E-state index contributed by atoms with van der Waals surface area (Å²) in [5.74, 6) is 0. The highest BCUT2D eigenvalue weighted by atomic mass is 14.0. The van der Waals surface area contributed by atoms with Gasteiger partial charge in [0.05, 0.1) is 0 Å². The van der Waals surface area contributed by atoms with Crippen molar-refractivity contribution in [3.63, 3.8) is 0 Å². The van der Waals surface area contributed by atoms with Gasteiger partial charge in [-0.05, 0) is 32.6 Å². The Labute approximate surface area is 129 Å². The first-order chi connectivity index (χ1) is 9.81. The lowest BCUT2D eigenvalue weighted by Gasteiger charge is -2.03. The van der Waals surface area contributed by atoms with Crippen molar-refractivity contribution in [2.24, 2.45) is 0 Å². The molecule has 0 fully saturated rings. The molecule has 0 saturated heterocycles. The van der Waals surface area contributed by atoms with Crippen LogP contribution in [0.5, 0.6) is 0 Å². The van der Waals surface area contributed by atoms with Crippen LogP contribution in [0.4, 0.5) is 0 Å². The fourth-order valence-electron chi connectivity index (χ4n) is 2.74. The van der Waals surface area contributed by atoms with Crippen molar-refractivity contribution >= 4 is 0 Å². The van der Waals surface area contributed by atoms with Gasteiger partial charge in [-0.25, -0.2) is 0 Å². The van der Waals surface area contributed by atoms with Crippen molar-refractivity contribution in [3.05, 3.63) is 11.6 Å². The number of hydrogen-bond donors (Lipinski definition) is 0. The SMILES string of the molecule is CCCCCCC/C=C(/C)CCCCCCCCCC. The maximum absolute atomic E-state index is 2.49. The highest BCUT2D eigenvalue weighted by Crippen LogP contribution is 2.14. The lowest BCUT2D eigenvalue weighted by Crippen LogP contribution is -1.83. The molecule has 0 bridgehead atoms. The summed E-state index contributed by atoms with van der Waals surface area (Å²) < 4.78 is 0. The Hall–Kier alpha value is -0.260. The molecule has 0 aromatic rings. The van der Waals surface area contributed by atoms with Crippen molar-refractivity contribution in [3.8, 4) is 0 Å². The molecule has 0 radical (unpaired) electrons. The molecule has 0 nitrogen and oxygen atoms in total. The van der Waals surface area contributed by atoms with Gasteiger partial charge in [0, 0.05) is 0 Å². The van der Waals surface area contributed by atoms with Gasteiger partial charge in [0.25, 0.3) is 0 Å². The largest absolute Gasteiger partial charge is 0.0856 e. The molecule has 0 N–H and O–H groups in total. The average Bonchev–Trinajstić information content (AvgIpc) is 2.45. The van der Waals surface area contributed by atoms with Crippen molar-refractivity contribution in [2.75, 3.05) is 0 Å². The van der Waals surface area contributed by atoms with Crippen molar-refractivity contribution in [1.82, 2.24) is 0 Å². The predicted octanol–water partition coefficient (Wildman–Crippen LogP) is 7.82. The Bertz CT molecular complexity index is 202. The summed E-state index contributed by atoms with van der Waals surface area (Å²) in [5, 5.41) is 0. The second-order valence-electron chi connectivity index (χ2n) is 6.48. The van der Waals surface area contributed by atoms with Gasteiger partial charge in [-0.1, -0.05) is 96.1 Å². The van der Waals surface area contributed by atoms with Crippen LogP contribution in [-0.4, -0.2) is 0 Å². The molecule has 0 unspecified atom stereocenters. The van der Waals surface area contributed by atoms with Gasteiger partial charge in [-0.15, -0.1) is 0 Å². The third kappa shape index (κ3) is 15.8. The van der Waals surface area contributed by atoms with Gasteiger partial charge < -0.3 is 0 Å². The number of rotatable bonds is 15.